The molecular formula is C10H13ClN2O3. The zero-order valence-corrected chi connectivity index (χ0v) is 9.87. The zero-order chi connectivity index (χ0) is 12.0. The molecule has 0 saturated heterocycles. The molecule has 6 heteroatoms. The molecule has 0 fully saturated rings. The van der Waals surface area contributed by atoms with Gasteiger partial charge in [-0.25, -0.2) is 0 Å². The molecule has 0 saturated carbocycles. The van der Waals surface area contributed by atoms with E-state index in [0.717, 1.165) is 0 Å². The van der Waals surface area contributed by atoms with Crippen molar-refractivity contribution in [1.29, 1.82) is 0 Å². The Hall–Kier alpha value is -1.49. The van der Waals surface area contributed by atoms with Crippen molar-refractivity contribution >= 4 is 23.3 Å². The Balaban J connectivity index is 2.63. The van der Waals surface area contributed by atoms with E-state index in [-0.39, 0.29) is 12.5 Å². The minimum atomic E-state index is -0.334. The summed E-state index contributed by atoms with van der Waals surface area (Å²) in [5, 5.41) is 3.19. The van der Waals surface area contributed by atoms with E-state index < -0.39 is 0 Å². The zero-order valence-electron chi connectivity index (χ0n) is 9.12. The number of halogens is 1. The van der Waals surface area contributed by atoms with Gasteiger partial charge in [0.2, 0.25) is 5.88 Å². The molecule has 0 radical (unpaired) electrons. The highest BCUT2D eigenvalue weighted by molar-refractivity contribution is 6.29. The van der Waals surface area contributed by atoms with Crippen LogP contribution in [0.25, 0.3) is 0 Å². The fourth-order valence-corrected chi connectivity index (χ4v) is 1.23. The van der Waals surface area contributed by atoms with Crippen LogP contribution in [0.4, 0.5) is 5.69 Å². The summed E-state index contributed by atoms with van der Waals surface area (Å²) in [5.41, 5.74) is 0.597. The number of carbonyl (C=O) groups is 1. The Bertz CT molecular complexity index is 371. The molecule has 0 spiro atoms. The summed E-state index contributed by atoms with van der Waals surface area (Å²) in [6, 6.07) is 3.30. The van der Waals surface area contributed by atoms with E-state index in [4.69, 9.17) is 21.1 Å². The third kappa shape index (κ3) is 3.58. The van der Waals surface area contributed by atoms with Gasteiger partial charge in [0, 0.05) is 0 Å². The van der Waals surface area contributed by atoms with Crippen molar-refractivity contribution in [2.75, 3.05) is 25.6 Å². The van der Waals surface area contributed by atoms with E-state index >= 15 is 0 Å². The van der Waals surface area contributed by atoms with Crippen LogP contribution >= 0.6 is 11.6 Å². The molecule has 0 aliphatic heterocycles. The predicted molar refractivity (Wildman–Crippen MR) is 60.9 cm³/mol. The Morgan fingerprint density at radius 3 is 2.94 bits per heavy atom. The molecule has 0 aliphatic carbocycles. The number of hydrogen-bond acceptors (Lipinski definition) is 5. The average Bonchev–Trinajstić information content (AvgIpc) is 2.27. The summed E-state index contributed by atoms with van der Waals surface area (Å²) < 4.78 is 9.78. The lowest BCUT2D eigenvalue weighted by Gasteiger charge is -2.09. The Kier molecular flexibility index (Phi) is 4.85. The summed E-state index contributed by atoms with van der Waals surface area (Å²) in [6.45, 7) is 2.17. The van der Waals surface area contributed by atoms with Gasteiger partial charge in [-0.05, 0) is 19.1 Å². The first-order valence-corrected chi connectivity index (χ1v) is 5.15. The Morgan fingerprint density at radius 2 is 2.31 bits per heavy atom. The SMILES string of the molecule is CCOC(=O)CNc1ccc(Cl)nc1OC. The maximum atomic E-state index is 11.1. The van der Waals surface area contributed by atoms with Crippen LogP contribution in [-0.2, 0) is 9.53 Å². The molecule has 88 valence electrons. The maximum absolute atomic E-state index is 11.1. The maximum Gasteiger partial charge on any atom is 0.325 e. The highest BCUT2D eigenvalue weighted by Gasteiger charge is 2.07. The number of pyridine rings is 1. The second-order valence-corrected chi connectivity index (χ2v) is 3.24. The number of methoxy groups -OCH3 is 1. The van der Waals surface area contributed by atoms with Crippen molar-refractivity contribution in [3.05, 3.63) is 17.3 Å². The lowest BCUT2D eigenvalue weighted by Crippen LogP contribution is -2.17. The quantitative estimate of drug-likeness (QED) is 0.631. The fraction of sp³-hybridized carbons (Fsp3) is 0.400. The first-order valence-electron chi connectivity index (χ1n) is 4.77. The molecule has 0 aromatic carbocycles. The van der Waals surface area contributed by atoms with Crippen molar-refractivity contribution in [1.82, 2.24) is 4.98 Å². The molecule has 1 aromatic heterocycles. The van der Waals surface area contributed by atoms with E-state index in [1.165, 1.54) is 7.11 Å². The van der Waals surface area contributed by atoms with Crippen LogP contribution in [0.15, 0.2) is 12.1 Å². The first kappa shape index (κ1) is 12.6. The minimum Gasteiger partial charge on any atom is -0.479 e. The lowest BCUT2D eigenvalue weighted by molar-refractivity contribution is -0.140. The van der Waals surface area contributed by atoms with Gasteiger partial charge in [0.15, 0.2) is 0 Å². The smallest absolute Gasteiger partial charge is 0.325 e. The third-order valence-electron chi connectivity index (χ3n) is 1.75. The van der Waals surface area contributed by atoms with Crippen molar-refractivity contribution in [3.8, 4) is 5.88 Å². The van der Waals surface area contributed by atoms with Crippen LogP contribution in [0.1, 0.15) is 6.92 Å². The van der Waals surface area contributed by atoms with Gasteiger partial charge in [-0.3, -0.25) is 4.79 Å². The van der Waals surface area contributed by atoms with Crippen LogP contribution in [0, 0.1) is 0 Å². The fourth-order valence-electron chi connectivity index (χ4n) is 1.09. The van der Waals surface area contributed by atoms with Crippen molar-refractivity contribution in [2.45, 2.75) is 6.92 Å². The normalized spacial score (nSPS) is 9.69. The molecule has 16 heavy (non-hydrogen) atoms. The first-order chi connectivity index (χ1) is 7.67. The van der Waals surface area contributed by atoms with Crippen LogP contribution in [0.3, 0.4) is 0 Å². The van der Waals surface area contributed by atoms with Crippen molar-refractivity contribution in [2.24, 2.45) is 0 Å². The number of rotatable bonds is 5. The Morgan fingerprint density at radius 1 is 1.56 bits per heavy atom. The second-order valence-electron chi connectivity index (χ2n) is 2.85. The van der Waals surface area contributed by atoms with Gasteiger partial charge >= 0.3 is 5.97 Å². The summed E-state index contributed by atoms with van der Waals surface area (Å²) in [4.78, 5) is 15.1. The molecular weight excluding hydrogens is 232 g/mol. The molecule has 5 nitrogen and oxygen atoms in total. The van der Waals surface area contributed by atoms with E-state index in [2.05, 4.69) is 10.3 Å². The highest BCUT2D eigenvalue weighted by Crippen LogP contribution is 2.23. The number of aromatic nitrogens is 1. The number of carbonyl (C=O) groups excluding carboxylic acids is 1. The molecule has 0 amide bonds. The molecule has 1 heterocycles. The van der Waals surface area contributed by atoms with Crippen molar-refractivity contribution < 1.29 is 14.3 Å². The minimum absolute atomic E-state index is 0.0630. The van der Waals surface area contributed by atoms with Gasteiger partial charge < -0.3 is 14.8 Å². The summed E-state index contributed by atoms with van der Waals surface area (Å²) >= 11 is 5.70. The van der Waals surface area contributed by atoms with Gasteiger partial charge in [-0.2, -0.15) is 4.98 Å². The predicted octanol–water partition coefficient (Wildman–Crippen LogP) is 1.72. The highest BCUT2D eigenvalue weighted by atomic mass is 35.5. The average molecular weight is 245 g/mol. The number of ether oxygens (including phenoxy) is 2. The molecule has 1 N–H and O–H groups in total. The van der Waals surface area contributed by atoms with Gasteiger partial charge in [-0.15, -0.1) is 0 Å². The molecule has 0 unspecified atom stereocenters. The number of nitrogens with one attached hydrogen (secondary N) is 1. The number of nitrogens with zero attached hydrogens (tertiary/aromatic N) is 1. The van der Waals surface area contributed by atoms with E-state index in [1.54, 1.807) is 19.1 Å². The van der Waals surface area contributed by atoms with Crippen molar-refractivity contribution in [3.63, 3.8) is 0 Å². The van der Waals surface area contributed by atoms with Gasteiger partial charge in [0.1, 0.15) is 11.7 Å². The monoisotopic (exact) mass is 244 g/mol. The lowest BCUT2D eigenvalue weighted by atomic mass is 10.4. The molecule has 1 rings (SSSR count). The van der Waals surface area contributed by atoms with Gasteiger partial charge in [-0.1, -0.05) is 11.6 Å². The Labute approximate surface area is 98.7 Å². The number of hydrogen-bond donors (Lipinski definition) is 1. The summed E-state index contributed by atoms with van der Waals surface area (Å²) in [6.07, 6.45) is 0. The largest absolute Gasteiger partial charge is 0.479 e. The number of anilines is 1. The molecule has 0 aliphatic rings. The summed E-state index contributed by atoms with van der Waals surface area (Å²) in [5.74, 6) is 0.0105. The topological polar surface area (TPSA) is 60.5 Å². The third-order valence-corrected chi connectivity index (χ3v) is 1.96. The second kappa shape index (κ2) is 6.17. The van der Waals surface area contributed by atoms with Gasteiger partial charge in [0.05, 0.1) is 19.4 Å². The van der Waals surface area contributed by atoms with Crippen LogP contribution in [0.5, 0.6) is 5.88 Å². The number of esters is 1. The molecule has 0 atom stereocenters. The molecule has 1 aromatic rings. The van der Waals surface area contributed by atoms with E-state index in [1.807, 2.05) is 0 Å². The van der Waals surface area contributed by atoms with E-state index in [9.17, 15) is 4.79 Å². The van der Waals surface area contributed by atoms with E-state index in [0.29, 0.717) is 23.3 Å². The standard InChI is InChI=1S/C10H13ClN2O3/c1-3-16-9(14)6-12-7-4-5-8(11)13-10(7)15-2/h4-5,12H,3,6H2,1-2H3. The van der Waals surface area contributed by atoms with Gasteiger partial charge in [0.25, 0.3) is 0 Å². The van der Waals surface area contributed by atoms with Crippen LogP contribution in [-0.4, -0.2) is 31.2 Å². The van der Waals surface area contributed by atoms with Crippen LogP contribution in [0.2, 0.25) is 5.15 Å². The summed E-state index contributed by atoms with van der Waals surface area (Å²) in [7, 11) is 1.48. The molecule has 0 bridgehead atoms. The van der Waals surface area contributed by atoms with Crippen LogP contribution < -0.4 is 10.1 Å².